The van der Waals surface area contributed by atoms with Crippen molar-refractivity contribution in [3.63, 3.8) is 0 Å². The lowest BCUT2D eigenvalue weighted by atomic mass is 9.82. The summed E-state index contributed by atoms with van der Waals surface area (Å²) < 4.78 is 16.9. The molecule has 0 bridgehead atoms. The predicted octanol–water partition coefficient (Wildman–Crippen LogP) is 5.14. The monoisotopic (exact) mass is 430 g/mol. The van der Waals surface area contributed by atoms with Crippen LogP contribution in [0.3, 0.4) is 0 Å². The lowest BCUT2D eigenvalue weighted by Gasteiger charge is -2.39. The van der Waals surface area contributed by atoms with Gasteiger partial charge in [0.2, 0.25) is 5.60 Å². The van der Waals surface area contributed by atoms with E-state index in [-0.39, 0.29) is 24.7 Å². The number of hydrogen-bond acceptors (Lipinski definition) is 5. The van der Waals surface area contributed by atoms with Crippen molar-refractivity contribution in [2.45, 2.75) is 77.1 Å². The molecule has 1 aromatic rings. The van der Waals surface area contributed by atoms with Crippen LogP contribution in [0.25, 0.3) is 0 Å². The first-order valence-corrected chi connectivity index (χ1v) is 10.3. The third-order valence-electron chi connectivity index (χ3n) is 4.60. The Kier molecular flexibility index (Phi) is 7.77. The third-order valence-corrected chi connectivity index (χ3v) is 5.31. The fourth-order valence-electron chi connectivity index (χ4n) is 3.39. The molecule has 0 radical (unpaired) electrons. The van der Waals surface area contributed by atoms with E-state index in [9.17, 15) is 9.59 Å². The molecular weight excluding hydrogens is 403 g/mol. The molecule has 0 aliphatic heterocycles. The van der Waals surface area contributed by atoms with E-state index in [1.165, 1.54) is 0 Å². The first-order valence-electron chi connectivity index (χ1n) is 9.56. The maximum Gasteiger partial charge on any atom is 0.350 e. The van der Waals surface area contributed by atoms with Crippen LogP contribution < -0.4 is 0 Å². The second kappa shape index (κ2) is 9.47. The van der Waals surface area contributed by atoms with Crippen molar-refractivity contribution in [3.05, 3.63) is 33.8 Å². The molecule has 0 heterocycles. The lowest BCUT2D eigenvalue weighted by Crippen LogP contribution is -2.49. The summed E-state index contributed by atoms with van der Waals surface area (Å²) in [4.78, 5) is 25.3. The molecule has 5 nitrogen and oxygen atoms in total. The highest BCUT2D eigenvalue weighted by Crippen LogP contribution is 2.36. The predicted molar refractivity (Wildman–Crippen MR) is 109 cm³/mol. The van der Waals surface area contributed by atoms with Crippen LogP contribution in [0.2, 0.25) is 10.0 Å². The Morgan fingerprint density at radius 3 is 2.21 bits per heavy atom. The number of rotatable bonds is 6. The van der Waals surface area contributed by atoms with Crippen molar-refractivity contribution in [2.24, 2.45) is 0 Å². The summed E-state index contributed by atoms with van der Waals surface area (Å²) in [5, 5.41) is 0.772. The Balaban J connectivity index is 2.11. The average Bonchev–Trinajstić information content (AvgIpc) is 2.59. The Morgan fingerprint density at radius 1 is 1.14 bits per heavy atom. The van der Waals surface area contributed by atoms with E-state index in [1.807, 2.05) is 20.8 Å². The van der Waals surface area contributed by atoms with Crippen LogP contribution in [-0.2, 0) is 30.2 Å². The Bertz CT molecular complexity index is 683. The molecule has 0 spiro atoms. The Morgan fingerprint density at radius 2 is 1.71 bits per heavy atom. The van der Waals surface area contributed by atoms with Crippen molar-refractivity contribution in [3.8, 4) is 0 Å². The third kappa shape index (κ3) is 6.10. The normalized spacial score (nSPS) is 22.6. The molecule has 0 aromatic heterocycles. The molecule has 0 saturated heterocycles. The van der Waals surface area contributed by atoms with E-state index in [4.69, 9.17) is 37.4 Å². The van der Waals surface area contributed by atoms with Crippen LogP contribution in [-0.4, -0.2) is 35.9 Å². The van der Waals surface area contributed by atoms with Gasteiger partial charge in [-0.05, 0) is 52.7 Å². The standard InChI is InChI=1S/C21H28Cl2O5/c1-5-26-19(25)21(11-9-14(10-12-21)27-20(2,3)4)28-18(24)13-15-16(22)7-6-8-17(15)23/h6-8,14H,5,9-13H2,1-4H3. The maximum absolute atomic E-state index is 12.6. The molecule has 1 fully saturated rings. The van der Waals surface area contributed by atoms with E-state index in [1.54, 1.807) is 25.1 Å². The Labute approximate surface area is 176 Å². The highest BCUT2D eigenvalue weighted by atomic mass is 35.5. The number of carbonyl (C=O) groups is 2. The fraction of sp³-hybridized carbons (Fsp3) is 0.619. The summed E-state index contributed by atoms with van der Waals surface area (Å²) >= 11 is 12.3. The van der Waals surface area contributed by atoms with Gasteiger partial charge in [0, 0.05) is 28.5 Å². The van der Waals surface area contributed by atoms with Crippen molar-refractivity contribution < 1.29 is 23.8 Å². The summed E-state index contributed by atoms with van der Waals surface area (Å²) in [6.45, 7) is 7.93. The zero-order chi connectivity index (χ0) is 20.9. The molecule has 7 heteroatoms. The number of hydrogen-bond donors (Lipinski definition) is 0. The number of carbonyl (C=O) groups excluding carboxylic acids is 2. The van der Waals surface area contributed by atoms with Crippen LogP contribution >= 0.6 is 23.2 Å². The van der Waals surface area contributed by atoms with Crippen molar-refractivity contribution in [1.82, 2.24) is 0 Å². The molecule has 0 amide bonds. The highest BCUT2D eigenvalue weighted by molar-refractivity contribution is 6.36. The number of benzene rings is 1. The van der Waals surface area contributed by atoms with Gasteiger partial charge in [-0.2, -0.15) is 0 Å². The van der Waals surface area contributed by atoms with Gasteiger partial charge in [0.15, 0.2) is 0 Å². The van der Waals surface area contributed by atoms with Crippen molar-refractivity contribution in [1.29, 1.82) is 0 Å². The van der Waals surface area contributed by atoms with E-state index >= 15 is 0 Å². The second-order valence-corrected chi connectivity index (χ2v) is 8.81. The molecule has 28 heavy (non-hydrogen) atoms. The zero-order valence-electron chi connectivity index (χ0n) is 16.8. The molecular formula is C21H28Cl2O5. The molecule has 1 saturated carbocycles. The van der Waals surface area contributed by atoms with Gasteiger partial charge >= 0.3 is 11.9 Å². The number of esters is 2. The SMILES string of the molecule is CCOC(=O)C1(OC(=O)Cc2c(Cl)cccc2Cl)CCC(OC(C)(C)C)CC1. The van der Waals surface area contributed by atoms with Gasteiger partial charge in [0.05, 0.1) is 24.7 Å². The summed E-state index contributed by atoms with van der Waals surface area (Å²) in [5.74, 6) is -1.07. The van der Waals surface area contributed by atoms with E-state index in [2.05, 4.69) is 0 Å². The van der Waals surface area contributed by atoms with Gasteiger partial charge in [0.1, 0.15) is 0 Å². The smallest absolute Gasteiger partial charge is 0.350 e. The summed E-state index contributed by atoms with van der Waals surface area (Å²) in [5.41, 5.74) is -1.08. The van der Waals surface area contributed by atoms with Gasteiger partial charge in [-0.1, -0.05) is 29.3 Å². The summed E-state index contributed by atoms with van der Waals surface area (Å²) in [7, 11) is 0. The lowest BCUT2D eigenvalue weighted by molar-refractivity contribution is -0.191. The van der Waals surface area contributed by atoms with Crippen LogP contribution in [0.1, 0.15) is 58.9 Å². The molecule has 0 unspecified atom stereocenters. The van der Waals surface area contributed by atoms with Crippen LogP contribution in [0.5, 0.6) is 0 Å². The molecule has 2 rings (SSSR count). The van der Waals surface area contributed by atoms with E-state index < -0.39 is 17.5 Å². The first-order chi connectivity index (χ1) is 13.1. The minimum atomic E-state index is -1.29. The largest absolute Gasteiger partial charge is 0.463 e. The van der Waals surface area contributed by atoms with Gasteiger partial charge in [-0.25, -0.2) is 4.79 Å². The summed E-state index contributed by atoms with van der Waals surface area (Å²) in [6.07, 6.45) is 1.83. The number of ether oxygens (including phenoxy) is 3. The average molecular weight is 431 g/mol. The summed E-state index contributed by atoms with van der Waals surface area (Å²) in [6, 6.07) is 5.02. The molecule has 1 aromatic carbocycles. The molecule has 1 aliphatic rings. The van der Waals surface area contributed by atoms with E-state index in [0.717, 1.165) is 0 Å². The fourth-order valence-corrected chi connectivity index (χ4v) is 3.92. The van der Waals surface area contributed by atoms with Crippen LogP contribution in [0, 0.1) is 0 Å². The van der Waals surface area contributed by atoms with Gasteiger partial charge in [0.25, 0.3) is 0 Å². The number of halogens is 2. The quantitative estimate of drug-likeness (QED) is 0.584. The molecule has 0 N–H and O–H groups in total. The van der Waals surface area contributed by atoms with E-state index in [0.29, 0.717) is 41.3 Å². The highest BCUT2D eigenvalue weighted by Gasteiger charge is 2.47. The zero-order valence-corrected chi connectivity index (χ0v) is 18.4. The maximum atomic E-state index is 12.6. The minimum absolute atomic E-state index is 0.0132. The Hall–Kier alpha value is -1.30. The van der Waals surface area contributed by atoms with Crippen molar-refractivity contribution >= 4 is 35.1 Å². The van der Waals surface area contributed by atoms with Crippen LogP contribution in [0.4, 0.5) is 0 Å². The topological polar surface area (TPSA) is 61.8 Å². The van der Waals surface area contributed by atoms with Gasteiger partial charge in [-0.3, -0.25) is 4.79 Å². The van der Waals surface area contributed by atoms with Gasteiger partial charge < -0.3 is 14.2 Å². The second-order valence-electron chi connectivity index (χ2n) is 8.00. The van der Waals surface area contributed by atoms with Crippen LogP contribution in [0.15, 0.2) is 18.2 Å². The van der Waals surface area contributed by atoms with Crippen molar-refractivity contribution in [2.75, 3.05) is 6.61 Å². The molecule has 156 valence electrons. The molecule has 1 aliphatic carbocycles. The molecule has 0 atom stereocenters. The minimum Gasteiger partial charge on any atom is -0.463 e. The van der Waals surface area contributed by atoms with Gasteiger partial charge in [-0.15, -0.1) is 0 Å². The first kappa shape index (κ1) is 23.0.